The van der Waals surface area contributed by atoms with Gasteiger partial charge in [0.05, 0.1) is 11.0 Å². The van der Waals surface area contributed by atoms with Gasteiger partial charge in [-0.05, 0) is 47.1 Å². The Morgan fingerprint density at radius 3 is 3.00 bits per heavy atom. The Morgan fingerprint density at radius 2 is 2.37 bits per heavy atom. The van der Waals surface area contributed by atoms with E-state index in [1.807, 2.05) is 19.2 Å². The normalized spacial score (nSPS) is 12.1. The van der Waals surface area contributed by atoms with E-state index in [1.165, 1.54) is 6.07 Å². The van der Waals surface area contributed by atoms with Gasteiger partial charge in [-0.25, -0.2) is 0 Å². The van der Waals surface area contributed by atoms with E-state index < -0.39 is 0 Å². The largest absolute Gasteiger partial charge is 0.507 e. The minimum absolute atomic E-state index is 0.0485. The molecular formula is C13H14BrN3O2. The molecule has 5 nitrogen and oxygen atoms in total. The van der Waals surface area contributed by atoms with Crippen LogP contribution in [0.1, 0.15) is 17.3 Å². The molecule has 2 N–H and O–H groups in total. The van der Waals surface area contributed by atoms with Crippen molar-refractivity contribution in [2.24, 2.45) is 0 Å². The van der Waals surface area contributed by atoms with E-state index in [1.54, 1.807) is 23.0 Å². The fourth-order valence-corrected chi connectivity index (χ4v) is 1.94. The number of phenols is 1. The van der Waals surface area contributed by atoms with Crippen LogP contribution in [0.25, 0.3) is 0 Å². The average molecular weight is 324 g/mol. The monoisotopic (exact) mass is 323 g/mol. The highest BCUT2D eigenvalue weighted by molar-refractivity contribution is 9.10. The third-order valence-electron chi connectivity index (χ3n) is 2.61. The standard InChI is InChI=1S/C13H14BrN3O2/c1-9(8-17-6-2-5-15-17)16-13(19)10-3-4-11(14)12(18)7-10/h2-7,9,18H,8H2,1H3,(H,16,19). The molecule has 0 aliphatic heterocycles. The van der Waals surface area contributed by atoms with Crippen LogP contribution in [0.3, 0.4) is 0 Å². The summed E-state index contributed by atoms with van der Waals surface area (Å²) in [6.07, 6.45) is 3.54. The van der Waals surface area contributed by atoms with Crippen LogP contribution < -0.4 is 5.32 Å². The lowest BCUT2D eigenvalue weighted by Gasteiger charge is -2.14. The number of carbonyl (C=O) groups excluding carboxylic acids is 1. The Hall–Kier alpha value is -1.82. The first kappa shape index (κ1) is 13.6. The number of phenolic OH excluding ortho intramolecular Hbond substituents is 1. The molecule has 1 unspecified atom stereocenters. The average Bonchev–Trinajstić information content (AvgIpc) is 2.85. The second kappa shape index (κ2) is 5.88. The Labute approximate surface area is 119 Å². The second-order valence-corrected chi connectivity index (χ2v) is 5.12. The van der Waals surface area contributed by atoms with E-state index >= 15 is 0 Å². The Balaban J connectivity index is 1.98. The first-order valence-corrected chi connectivity index (χ1v) is 6.62. The van der Waals surface area contributed by atoms with Crippen molar-refractivity contribution in [3.05, 3.63) is 46.7 Å². The van der Waals surface area contributed by atoms with Gasteiger partial charge < -0.3 is 10.4 Å². The summed E-state index contributed by atoms with van der Waals surface area (Å²) in [5.74, 6) is -0.171. The molecule has 0 fully saturated rings. The fraction of sp³-hybridized carbons (Fsp3) is 0.231. The molecule has 1 atom stereocenters. The predicted octanol–water partition coefficient (Wildman–Crippen LogP) is 2.17. The van der Waals surface area contributed by atoms with E-state index in [0.717, 1.165) is 0 Å². The predicted molar refractivity (Wildman–Crippen MR) is 75.0 cm³/mol. The molecule has 0 saturated carbocycles. The Morgan fingerprint density at radius 1 is 1.58 bits per heavy atom. The molecule has 100 valence electrons. The summed E-state index contributed by atoms with van der Waals surface area (Å²) in [6, 6.07) is 6.50. The van der Waals surface area contributed by atoms with Crippen molar-refractivity contribution in [3.8, 4) is 5.75 Å². The van der Waals surface area contributed by atoms with Crippen LogP contribution in [0.15, 0.2) is 41.1 Å². The highest BCUT2D eigenvalue weighted by Gasteiger charge is 2.11. The molecule has 0 saturated heterocycles. The van der Waals surface area contributed by atoms with Gasteiger partial charge in [-0.15, -0.1) is 0 Å². The molecule has 1 aromatic carbocycles. The fourth-order valence-electron chi connectivity index (χ4n) is 1.70. The summed E-state index contributed by atoms with van der Waals surface area (Å²) in [5, 5.41) is 16.5. The van der Waals surface area contributed by atoms with Crippen LogP contribution in [0.4, 0.5) is 0 Å². The molecule has 1 heterocycles. The van der Waals surface area contributed by atoms with Gasteiger partial charge in [0.1, 0.15) is 5.75 Å². The summed E-state index contributed by atoms with van der Waals surface area (Å²) in [6.45, 7) is 2.50. The molecule has 1 aromatic heterocycles. The van der Waals surface area contributed by atoms with Crippen molar-refractivity contribution in [1.29, 1.82) is 0 Å². The van der Waals surface area contributed by atoms with Crippen molar-refractivity contribution in [1.82, 2.24) is 15.1 Å². The summed E-state index contributed by atoms with van der Waals surface area (Å²) in [4.78, 5) is 12.0. The number of nitrogens with one attached hydrogen (secondary N) is 1. The van der Waals surface area contributed by atoms with Gasteiger partial charge in [0.25, 0.3) is 5.91 Å². The number of hydrogen-bond acceptors (Lipinski definition) is 3. The maximum atomic E-state index is 12.0. The van der Waals surface area contributed by atoms with Crippen molar-refractivity contribution < 1.29 is 9.90 Å². The van der Waals surface area contributed by atoms with Gasteiger partial charge in [-0.2, -0.15) is 5.10 Å². The van der Waals surface area contributed by atoms with E-state index in [-0.39, 0.29) is 17.7 Å². The number of nitrogens with zero attached hydrogens (tertiary/aromatic N) is 2. The number of aromatic nitrogens is 2. The van der Waals surface area contributed by atoms with Crippen molar-refractivity contribution in [2.75, 3.05) is 0 Å². The lowest BCUT2D eigenvalue weighted by atomic mass is 10.2. The highest BCUT2D eigenvalue weighted by atomic mass is 79.9. The molecule has 0 aliphatic carbocycles. The maximum absolute atomic E-state index is 12.0. The third kappa shape index (κ3) is 3.57. The van der Waals surface area contributed by atoms with Crippen LogP contribution in [-0.4, -0.2) is 26.8 Å². The zero-order valence-electron chi connectivity index (χ0n) is 10.4. The maximum Gasteiger partial charge on any atom is 0.251 e. The van der Waals surface area contributed by atoms with Crippen LogP contribution in [0.5, 0.6) is 5.75 Å². The van der Waals surface area contributed by atoms with Crippen LogP contribution in [-0.2, 0) is 6.54 Å². The zero-order chi connectivity index (χ0) is 13.8. The molecular weight excluding hydrogens is 310 g/mol. The molecule has 0 bridgehead atoms. The van der Waals surface area contributed by atoms with Gasteiger partial charge in [0.15, 0.2) is 0 Å². The number of hydrogen-bond donors (Lipinski definition) is 2. The van der Waals surface area contributed by atoms with Gasteiger partial charge in [0.2, 0.25) is 0 Å². The number of aromatic hydroxyl groups is 1. The number of halogens is 1. The minimum atomic E-state index is -0.220. The van der Waals surface area contributed by atoms with E-state index in [9.17, 15) is 9.90 Å². The van der Waals surface area contributed by atoms with Crippen LogP contribution in [0.2, 0.25) is 0 Å². The quantitative estimate of drug-likeness (QED) is 0.906. The molecule has 1 amide bonds. The second-order valence-electron chi connectivity index (χ2n) is 4.27. The molecule has 2 rings (SSSR count). The van der Waals surface area contributed by atoms with Gasteiger partial charge in [-0.3, -0.25) is 9.48 Å². The van der Waals surface area contributed by atoms with Gasteiger partial charge >= 0.3 is 0 Å². The minimum Gasteiger partial charge on any atom is -0.507 e. The number of benzene rings is 1. The first-order chi connectivity index (χ1) is 9.06. The van der Waals surface area contributed by atoms with Crippen molar-refractivity contribution in [3.63, 3.8) is 0 Å². The number of rotatable bonds is 4. The first-order valence-electron chi connectivity index (χ1n) is 5.83. The molecule has 0 spiro atoms. The number of amides is 1. The lowest BCUT2D eigenvalue weighted by Crippen LogP contribution is -2.35. The molecule has 6 heteroatoms. The summed E-state index contributed by atoms with van der Waals surface area (Å²) in [7, 11) is 0. The molecule has 2 aromatic rings. The van der Waals surface area contributed by atoms with E-state index in [0.29, 0.717) is 16.6 Å². The van der Waals surface area contributed by atoms with Crippen LogP contribution >= 0.6 is 15.9 Å². The smallest absolute Gasteiger partial charge is 0.251 e. The SMILES string of the molecule is CC(Cn1cccn1)NC(=O)c1ccc(Br)c(O)c1. The van der Waals surface area contributed by atoms with E-state index in [4.69, 9.17) is 0 Å². The lowest BCUT2D eigenvalue weighted by molar-refractivity contribution is 0.0935. The molecule has 0 radical (unpaired) electrons. The van der Waals surface area contributed by atoms with Crippen molar-refractivity contribution >= 4 is 21.8 Å². The molecule has 19 heavy (non-hydrogen) atoms. The Bertz CT molecular complexity index is 569. The third-order valence-corrected chi connectivity index (χ3v) is 3.28. The topological polar surface area (TPSA) is 67.2 Å². The summed E-state index contributed by atoms with van der Waals surface area (Å²) < 4.78 is 2.32. The Kier molecular flexibility index (Phi) is 4.21. The van der Waals surface area contributed by atoms with Crippen LogP contribution in [0, 0.1) is 0 Å². The van der Waals surface area contributed by atoms with Crippen molar-refractivity contribution in [2.45, 2.75) is 19.5 Å². The number of carbonyl (C=O) groups is 1. The highest BCUT2D eigenvalue weighted by Crippen LogP contribution is 2.24. The summed E-state index contributed by atoms with van der Waals surface area (Å²) >= 11 is 3.18. The van der Waals surface area contributed by atoms with E-state index in [2.05, 4.69) is 26.3 Å². The summed E-state index contributed by atoms with van der Waals surface area (Å²) in [5.41, 5.74) is 0.424. The van der Waals surface area contributed by atoms with Gasteiger partial charge in [-0.1, -0.05) is 0 Å². The van der Waals surface area contributed by atoms with Gasteiger partial charge in [0, 0.05) is 24.0 Å². The molecule has 0 aliphatic rings. The zero-order valence-corrected chi connectivity index (χ0v) is 12.0.